The predicted octanol–water partition coefficient (Wildman–Crippen LogP) is 1.61. The molecule has 0 heterocycles. The van der Waals surface area contributed by atoms with Crippen LogP contribution in [0.1, 0.15) is 27.2 Å². The Morgan fingerprint density at radius 2 is 2.00 bits per heavy atom. The van der Waals surface area contributed by atoms with Crippen molar-refractivity contribution in [2.24, 2.45) is 5.92 Å². The number of ether oxygens (including phenoxy) is 1. The molecule has 0 atom stereocenters. The molecule has 0 aliphatic carbocycles. The monoisotopic (exact) mass is 200 g/mol. The van der Waals surface area contributed by atoms with Gasteiger partial charge in [-0.2, -0.15) is 0 Å². The Balaban J connectivity index is 4.10. The van der Waals surface area contributed by atoms with Gasteiger partial charge < -0.3 is 9.84 Å². The third kappa shape index (κ3) is 5.35. The van der Waals surface area contributed by atoms with Crippen molar-refractivity contribution in [3.05, 3.63) is 11.8 Å². The number of esters is 1. The van der Waals surface area contributed by atoms with Crippen LogP contribution in [0.25, 0.3) is 0 Å². The van der Waals surface area contributed by atoms with Crippen LogP contribution in [0.2, 0.25) is 0 Å². The quantitative estimate of drug-likeness (QED) is 0.317. The van der Waals surface area contributed by atoms with E-state index in [1.165, 1.54) is 0 Å². The molecule has 14 heavy (non-hydrogen) atoms. The molecule has 0 aliphatic rings. The Morgan fingerprint density at radius 3 is 2.43 bits per heavy atom. The minimum absolute atomic E-state index is 0.0145. The van der Waals surface area contributed by atoms with Crippen molar-refractivity contribution in [1.82, 2.24) is 0 Å². The molecule has 0 rings (SSSR count). The summed E-state index contributed by atoms with van der Waals surface area (Å²) < 4.78 is 4.58. The van der Waals surface area contributed by atoms with Crippen LogP contribution < -0.4 is 0 Å². The molecule has 0 amide bonds. The summed E-state index contributed by atoms with van der Waals surface area (Å²) in [5, 5.41) is 9.23. The van der Waals surface area contributed by atoms with Crippen molar-refractivity contribution in [2.45, 2.75) is 27.2 Å². The average Bonchev–Trinajstić information content (AvgIpc) is 2.03. The number of hydrogen-bond acceptors (Lipinski definition) is 4. The number of allylic oxidation sites excluding steroid dienone is 2. The van der Waals surface area contributed by atoms with E-state index in [0.717, 1.165) is 6.08 Å². The molecule has 4 heteroatoms. The highest BCUT2D eigenvalue weighted by molar-refractivity contribution is 6.02. The van der Waals surface area contributed by atoms with Gasteiger partial charge in [0.25, 0.3) is 0 Å². The van der Waals surface area contributed by atoms with E-state index >= 15 is 0 Å². The molecule has 0 bridgehead atoms. The van der Waals surface area contributed by atoms with Gasteiger partial charge in [0, 0.05) is 12.0 Å². The van der Waals surface area contributed by atoms with Gasteiger partial charge in [0.15, 0.2) is 5.78 Å². The summed E-state index contributed by atoms with van der Waals surface area (Å²) in [6.45, 7) is 5.43. The number of aliphatic hydroxyl groups is 1. The molecule has 0 saturated carbocycles. The fraction of sp³-hybridized carbons (Fsp3) is 0.600. The van der Waals surface area contributed by atoms with Crippen LogP contribution in [0.15, 0.2) is 11.8 Å². The lowest BCUT2D eigenvalue weighted by Gasteiger charge is -2.02. The maximum atomic E-state index is 11.1. The van der Waals surface area contributed by atoms with Crippen LogP contribution in [0.5, 0.6) is 0 Å². The second kappa shape index (κ2) is 6.18. The summed E-state index contributed by atoms with van der Waals surface area (Å²) in [6.07, 6.45) is 0.756. The van der Waals surface area contributed by atoms with E-state index in [4.69, 9.17) is 0 Å². The fourth-order valence-electron chi connectivity index (χ4n) is 0.737. The summed E-state index contributed by atoms with van der Waals surface area (Å²) in [4.78, 5) is 22.0. The van der Waals surface area contributed by atoms with Crippen LogP contribution >= 0.6 is 0 Å². The molecular formula is C10H16O4. The van der Waals surface area contributed by atoms with Crippen LogP contribution in [0.3, 0.4) is 0 Å². The van der Waals surface area contributed by atoms with Crippen molar-refractivity contribution >= 4 is 11.8 Å². The molecule has 0 spiro atoms. The third-order valence-electron chi connectivity index (χ3n) is 1.52. The van der Waals surface area contributed by atoms with E-state index in [0.29, 0.717) is 0 Å². The van der Waals surface area contributed by atoms with E-state index in [1.807, 2.05) is 0 Å². The average molecular weight is 200 g/mol. The topological polar surface area (TPSA) is 63.6 Å². The second-order valence-electron chi connectivity index (χ2n) is 3.17. The van der Waals surface area contributed by atoms with E-state index in [1.54, 1.807) is 20.8 Å². The molecule has 0 fully saturated rings. The highest BCUT2D eigenvalue weighted by Crippen LogP contribution is 2.05. The Kier molecular flexibility index (Phi) is 5.60. The van der Waals surface area contributed by atoms with Crippen LogP contribution in [-0.2, 0) is 14.3 Å². The summed E-state index contributed by atoms with van der Waals surface area (Å²) in [6, 6.07) is 0. The lowest BCUT2D eigenvalue weighted by molar-refractivity contribution is -0.144. The number of carbonyl (C=O) groups excluding carboxylic acids is 2. The standard InChI is InChI=1S/C10H16O4/c1-4-14-10(13)6-8(11)5-9(12)7(2)3/h5,7,12H,4,6H2,1-3H3/b9-5-. The number of rotatable bonds is 5. The van der Waals surface area contributed by atoms with Gasteiger partial charge >= 0.3 is 5.97 Å². The first-order valence-electron chi connectivity index (χ1n) is 4.56. The van der Waals surface area contributed by atoms with E-state index in [-0.39, 0.29) is 24.7 Å². The van der Waals surface area contributed by atoms with Gasteiger partial charge in [-0.3, -0.25) is 9.59 Å². The van der Waals surface area contributed by atoms with Crippen molar-refractivity contribution in [2.75, 3.05) is 6.61 Å². The summed E-state index contributed by atoms with van der Waals surface area (Å²) in [7, 11) is 0. The molecule has 0 saturated heterocycles. The Bertz CT molecular complexity index is 241. The van der Waals surface area contributed by atoms with Crippen LogP contribution in [0.4, 0.5) is 0 Å². The lowest BCUT2D eigenvalue weighted by atomic mass is 10.1. The molecule has 0 aromatic carbocycles. The summed E-state index contributed by atoms with van der Waals surface area (Å²) >= 11 is 0. The zero-order valence-electron chi connectivity index (χ0n) is 8.74. The molecule has 0 aliphatic heterocycles. The van der Waals surface area contributed by atoms with Crippen molar-refractivity contribution in [1.29, 1.82) is 0 Å². The van der Waals surface area contributed by atoms with E-state index in [9.17, 15) is 14.7 Å². The first-order valence-corrected chi connectivity index (χ1v) is 4.56. The Labute approximate surface area is 83.6 Å². The largest absolute Gasteiger partial charge is 0.512 e. The SMILES string of the molecule is CCOC(=O)CC(=O)/C=C(\O)C(C)C. The smallest absolute Gasteiger partial charge is 0.313 e. The molecule has 80 valence electrons. The number of hydrogen-bond donors (Lipinski definition) is 1. The van der Waals surface area contributed by atoms with Gasteiger partial charge in [-0.25, -0.2) is 0 Å². The number of aliphatic hydroxyl groups excluding tert-OH is 1. The molecule has 0 radical (unpaired) electrons. The van der Waals surface area contributed by atoms with Crippen molar-refractivity contribution in [3.8, 4) is 0 Å². The highest BCUT2D eigenvalue weighted by atomic mass is 16.5. The zero-order chi connectivity index (χ0) is 11.1. The first-order chi connectivity index (χ1) is 6.47. The summed E-state index contributed by atoms with van der Waals surface area (Å²) in [5.74, 6) is -1.12. The van der Waals surface area contributed by atoms with Crippen molar-refractivity contribution in [3.63, 3.8) is 0 Å². The van der Waals surface area contributed by atoms with E-state index in [2.05, 4.69) is 4.74 Å². The van der Waals surface area contributed by atoms with Gasteiger partial charge in [0.05, 0.1) is 12.4 Å². The molecular weight excluding hydrogens is 184 g/mol. The predicted molar refractivity (Wildman–Crippen MR) is 51.8 cm³/mol. The van der Waals surface area contributed by atoms with Gasteiger partial charge in [0.1, 0.15) is 6.42 Å². The normalized spacial score (nSPS) is 11.6. The van der Waals surface area contributed by atoms with Crippen LogP contribution in [-0.4, -0.2) is 23.5 Å². The lowest BCUT2D eigenvalue weighted by Crippen LogP contribution is -2.10. The zero-order valence-corrected chi connectivity index (χ0v) is 8.74. The molecule has 0 aromatic rings. The van der Waals surface area contributed by atoms with Crippen LogP contribution in [0, 0.1) is 5.92 Å². The molecule has 4 nitrogen and oxygen atoms in total. The fourth-order valence-corrected chi connectivity index (χ4v) is 0.737. The highest BCUT2D eigenvalue weighted by Gasteiger charge is 2.10. The van der Waals surface area contributed by atoms with Gasteiger partial charge in [-0.15, -0.1) is 0 Å². The molecule has 1 N–H and O–H groups in total. The first kappa shape index (κ1) is 12.7. The molecule has 0 aromatic heterocycles. The van der Waals surface area contributed by atoms with Gasteiger partial charge in [-0.05, 0) is 6.92 Å². The number of ketones is 1. The van der Waals surface area contributed by atoms with E-state index < -0.39 is 11.8 Å². The summed E-state index contributed by atoms with van der Waals surface area (Å²) in [5.41, 5.74) is 0. The third-order valence-corrected chi connectivity index (χ3v) is 1.52. The Morgan fingerprint density at radius 1 is 1.43 bits per heavy atom. The van der Waals surface area contributed by atoms with Crippen molar-refractivity contribution < 1.29 is 19.4 Å². The Hall–Kier alpha value is -1.32. The maximum absolute atomic E-state index is 11.1. The van der Waals surface area contributed by atoms with Gasteiger partial charge in [-0.1, -0.05) is 13.8 Å². The molecule has 0 unspecified atom stereocenters. The van der Waals surface area contributed by atoms with Gasteiger partial charge in [0.2, 0.25) is 0 Å². The minimum Gasteiger partial charge on any atom is -0.512 e. The second-order valence-corrected chi connectivity index (χ2v) is 3.17. The maximum Gasteiger partial charge on any atom is 0.313 e. The number of carbonyl (C=O) groups is 2. The minimum atomic E-state index is -0.565.